The standard InChI is InChI=1S/C23H24ClN5O2S/c1-13(2)25-21(30)18-12-29(11-15-4-6-16(24)7-5-15)23(28-22(18)31)27-17-8-9-19-20(10-17)32-14(3)26-19/h4,6-10,12-13,15H,5,11H2,1-3H3,(H,25,30)(H,27,28,31). The Bertz CT molecular complexity index is 1290. The third-order valence-corrected chi connectivity index (χ3v) is 6.20. The molecule has 2 aromatic heterocycles. The van der Waals surface area contributed by atoms with E-state index in [1.807, 2.05) is 61.8 Å². The third-order valence-electron chi connectivity index (χ3n) is 4.99. The number of rotatable bonds is 6. The number of allylic oxidation sites excluding steroid dienone is 4. The Hall–Kier alpha value is -2.97. The fourth-order valence-electron chi connectivity index (χ4n) is 3.50. The van der Waals surface area contributed by atoms with E-state index in [0.29, 0.717) is 17.5 Å². The first-order valence-corrected chi connectivity index (χ1v) is 11.6. The summed E-state index contributed by atoms with van der Waals surface area (Å²) in [5.41, 5.74) is 1.17. The first kappa shape index (κ1) is 22.2. The zero-order valence-corrected chi connectivity index (χ0v) is 19.6. The average Bonchev–Trinajstić information content (AvgIpc) is 3.10. The normalized spacial score (nSPS) is 15.8. The van der Waals surface area contributed by atoms with Crippen LogP contribution in [-0.4, -0.2) is 26.5 Å². The molecule has 1 aromatic carbocycles. The lowest BCUT2D eigenvalue weighted by atomic mass is 10.0. The molecule has 2 N–H and O–H groups in total. The van der Waals surface area contributed by atoms with E-state index in [0.717, 1.165) is 27.3 Å². The number of nitrogens with one attached hydrogen (secondary N) is 2. The Morgan fingerprint density at radius 1 is 1.34 bits per heavy atom. The predicted molar refractivity (Wildman–Crippen MR) is 130 cm³/mol. The van der Waals surface area contributed by atoms with Crippen molar-refractivity contribution in [2.45, 2.75) is 39.8 Å². The second-order valence-corrected chi connectivity index (χ2v) is 9.72. The molecular formula is C23H24ClN5O2S. The second-order valence-electron chi connectivity index (χ2n) is 8.05. The molecule has 0 saturated carbocycles. The van der Waals surface area contributed by atoms with Gasteiger partial charge in [-0.15, -0.1) is 11.3 Å². The van der Waals surface area contributed by atoms with Gasteiger partial charge in [0.1, 0.15) is 5.56 Å². The maximum absolute atomic E-state index is 12.7. The Morgan fingerprint density at radius 2 is 2.16 bits per heavy atom. The minimum Gasteiger partial charge on any atom is -0.350 e. The van der Waals surface area contributed by atoms with Gasteiger partial charge in [0, 0.05) is 29.5 Å². The van der Waals surface area contributed by atoms with Crippen molar-refractivity contribution in [1.82, 2.24) is 19.9 Å². The molecule has 4 rings (SSSR count). The predicted octanol–water partition coefficient (Wildman–Crippen LogP) is 4.74. The van der Waals surface area contributed by atoms with Crippen LogP contribution in [0.25, 0.3) is 10.2 Å². The fourth-order valence-corrected chi connectivity index (χ4v) is 4.53. The lowest BCUT2D eigenvalue weighted by Gasteiger charge is -2.20. The van der Waals surface area contributed by atoms with Crippen molar-refractivity contribution < 1.29 is 4.79 Å². The molecule has 0 saturated heterocycles. The molecule has 7 nitrogen and oxygen atoms in total. The van der Waals surface area contributed by atoms with Crippen molar-refractivity contribution >= 4 is 50.7 Å². The molecule has 166 valence electrons. The fraction of sp³-hybridized carbons (Fsp3) is 0.304. The van der Waals surface area contributed by atoms with Crippen LogP contribution < -0.4 is 16.2 Å². The highest BCUT2D eigenvalue weighted by Crippen LogP contribution is 2.27. The number of carbonyl (C=O) groups is 1. The van der Waals surface area contributed by atoms with Crippen LogP contribution in [0.3, 0.4) is 0 Å². The van der Waals surface area contributed by atoms with E-state index < -0.39 is 11.5 Å². The van der Waals surface area contributed by atoms with Gasteiger partial charge in [0.25, 0.3) is 11.5 Å². The molecule has 1 unspecified atom stereocenters. The van der Waals surface area contributed by atoms with Crippen molar-refractivity contribution in [1.29, 1.82) is 0 Å². The molecule has 1 aliphatic carbocycles. The molecule has 1 atom stereocenters. The van der Waals surface area contributed by atoms with Crippen LogP contribution in [0.2, 0.25) is 0 Å². The maximum Gasteiger partial charge on any atom is 0.287 e. The highest BCUT2D eigenvalue weighted by molar-refractivity contribution is 7.18. The third kappa shape index (κ3) is 5.08. The van der Waals surface area contributed by atoms with E-state index >= 15 is 0 Å². The zero-order valence-electron chi connectivity index (χ0n) is 18.1. The van der Waals surface area contributed by atoms with Crippen LogP contribution in [-0.2, 0) is 6.54 Å². The van der Waals surface area contributed by atoms with Gasteiger partial charge in [0.15, 0.2) is 0 Å². The number of aromatic nitrogens is 3. The molecule has 3 aromatic rings. The molecule has 1 aliphatic rings. The van der Waals surface area contributed by atoms with Gasteiger partial charge < -0.3 is 15.2 Å². The lowest BCUT2D eigenvalue weighted by molar-refractivity contribution is 0.0940. The topological polar surface area (TPSA) is 88.9 Å². The maximum atomic E-state index is 12.7. The number of aryl methyl sites for hydroxylation is 1. The zero-order chi connectivity index (χ0) is 22.8. The average molecular weight is 470 g/mol. The van der Waals surface area contributed by atoms with Gasteiger partial charge in [-0.25, -0.2) is 4.98 Å². The Balaban J connectivity index is 1.69. The molecule has 32 heavy (non-hydrogen) atoms. The quantitative estimate of drug-likeness (QED) is 0.544. The summed E-state index contributed by atoms with van der Waals surface area (Å²) in [6.45, 7) is 6.20. The molecule has 9 heteroatoms. The number of hydrogen-bond donors (Lipinski definition) is 2. The summed E-state index contributed by atoms with van der Waals surface area (Å²) in [4.78, 5) is 33.9. The molecule has 0 aliphatic heterocycles. The number of fused-ring (bicyclic) bond motifs is 1. The number of amides is 1. The van der Waals surface area contributed by atoms with Gasteiger partial charge in [-0.05, 0) is 57.4 Å². The summed E-state index contributed by atoms with van der Waals surface area (Å²) >= 11 is 7.66. The summed E-state index contributed by atoms with van der Waals surface area (Å²) in [5.74, 6) is 0.113. The van der Waals surface area contributed by atoms with Crippen molar-refractivity contribution in [3.63, 3.8) is 0 Å². The van der Waals surface area contributed by atoms with Crippen LogP contribution in [0.4, 0.5) is 11.6 Å². The number of nitrogens with zero attached hydrogens (tertiary/aromatic N) is 3. The van der Waals surface area contributed by atoms with E-state index in [-0.39, 0.29) is 17.5 Å². The number of benzene rings is 1. The van der Waals surface area contributed by atoms with E-state index in [1.165, 1.54) is 0 Å². The minimum atomic E-state index is -0.571. The smallest absolute Gasteiger partial charge is 0.287 e. The van der Waals surface area contributed by atoms with Crippen LogP contribution >= 0.6 is 22.9 Å². The first-order chi connectivity index (χ1) is 15.3. The Labute approximate surface area is 194 Å². The second kappa shape index (κ2) is 9.26. The van der Waals surface area contributed by atoms with E-state index in [9.17, 15) is 9.59 Å². The molecule has 0 bridgehead atoms. The summed E-state index contributed by atoms with van der Waals surface area (Å²) in [5, 5.41) is 7.72. The van der Waals surface area contributed by atoms with E-state index in [2.05, 4.69) is 20.6 Å². The van der Waals surface area contributed by atoms with E-state index in [4.69, 9.17) is 11.6 Å². The van der Waals surface area contributed by atoms with Crippen molar-refractivity contribution in [2.75, 3.05) is 5.32 Å². The largest absolute Gasteiger partial charge is 0.350 e. The summed E-state index contributed by atoms with van der Waals surface area (Å²) in [7, 11) is 0. The van der Waals surface area contributed by atoms with Crippen molar-refractivity contribution in [3.8, 4) is 0 Å². The molecule has 2 heterocycles. The number of halogens is 1. The van der Waals surface area contributed by atoms with Crippen LogP contribution in [0.1, 0.15) is 35.6 Å². The van der Waals surface area contributed by atoms with Gasteiger partial charge in [0.05, 0.1) is 15.2 Å². The van der Waals surface area contributed by atoms with Gasteiger partial charge >= 0.3 is 0 Å². The summed E-state index contributed by atoms with van der Waals surface area (Å²) < 4.78 is 2.87. The van der Waals surface area contributed by atoms with Crippen molar-refractivity contribution in [2.24, 2.45) is 5.92 Å². The number of anilines is 2. The SMILES string of the molecule is Cc1nc2ccc(Nc3nc(=O)c(C(=O)NC(C)C)cn3CC3C=CC(Cl)=CC3)cc2s1. The first-order valence-electron chi connectivity index (χ1n) is 10.4. The van der Waals surface area contributed by atoms with Gasteiger partial charge in [0.2, 0.25) is 5.95 Å². The Morgan fingerprint density at radius 3 is 2.88 bits per heavy atom. The number of carbonyl (C=O) groups excluding carboxylic acids is 1. The molecule has 0 fully saturated rings. The van der Waals surface area contributed by atoms with Crippen LogP contribution in [0, 0.1) is 12.8 Å². The highest BCUT2D eigenvalue weighted by Gasteiger charge is 2.18. The molecule has 0 radical (unpaired) electrons. The highest BCUT2D eigenvalue weighted by atomic mass is 35.5. The van der Waals surface area contributed by atoms with Gasteiger partial charge in [-0.2, -0.15) is 4.98 Å². The number of hydrogen-bond acceptors (Lipinski definition) is 6. The van der Waals surface area contributed by atoms with Crippen LogP contribution in [0.5, 0.6) is 0 Å². The van der Waals surface area contributed by atoms with Crippen LogP contribution in [0.15, 0.2) is 52.5 Å². The monoisotopic (exact) mass is 469 g/mol. The summed E-state index contributed by atoms with van der Waals surface area (Å²) in [6, 6.07) is 5.74. The molecule has 0 spiro atoms. The van der Waals surface area contributed by atoms with Gasteiger partial charge in [-0.3, -0.25) is 9.59 Å². The lowest BCUT2D eigenvalue weighted by Crippen LogP contribution is -2.35. The molecule has 1 amide bonds. The summed E-state index contributed by atoms with van der Waals surface area (Å²) in [6.07, 6.45) is 8.20. The van der Waals surface area contributed by atoms with Gasteiger partial charge in [-0.1, -0.05) is 23.8 Å². The minimum absolute atomic E-state index is 0.0196. The van der Waals surface area contributed by atoms with E-state index in [1.54, 1.807) is 17.5 Å². The Kier molecular flexibility index (Phi) is 6.43. The van der Waals surface area contributed by atoms with Crippen molar-refractivity contribution in [3.05, 3.63) is 68.6 Å². The number of thiazole rings is 1. The molecular weight excluding hydrogens is 446 g/mol.